The van der Waals surface area contributed by atoms with Crippen molar-refractivity contribution >= 4 is 11.6 Å². The standard InChI is InChI=1S/C9H12ClN3O/c1-6-4-12-9(13-8(6)10)14-7-2-3-11-5-7/h4,7,11H,2-3,5H2,1H3/t7-/m0/s1. The molecule has 0 aromatic carbocycles. The van der Waals surface area contributed by atoms with Crippen LogP contribution in [0.4, 0.5) is 0 Å². The fourth-order valence-electron chi connectivity index (χ4n) is 1.34. The zero-order valence-corrected chi connectivity index (χ0v) is 8.71. The molecular weight excluding hydrogens is 202 g/mol. The first-order valence-corrected chi connectivity index (χ1v) is 5.00. The van der Waals surface area contributed by atoms with E-state index >= 15 is 0 Å². The van der Waals surface area contributed by atoms with E-state index in [1.165, 1.54) is 0 Å². The summed E-state index contributed by atoms with van der Waals surface area (Å²) in [6.07, 6.45) is 2.84. The first-order valence-electron chi connectivity index (χ1n) is 4.62. The summed E-state index contributed by atoms with van der Waals surface area (Å²) in [4.78, 5) is 8.10. The molecule has 0 unspecified atom stereocenters. The van der Waals surface area contributed by atoms with Gasteiger partial charge >= 0.3 is 6.01 Å². The maximum atomic E-state index is 5.85. The minimum absolute atomic E-state index is 0.175. The summed E-state index contributed by atoms with van der Waals surface area (Å²) in [5.41, 5.74) is 0.864. The molecule has 0 spiro atoms. The largest absolute Gasteiger partial charge is 0.459 e. The second-order valence-corrected chi connectivity index (χ2v) is 3.72. The molecule has 1 aromatic rings. The molecule has 1 N–H and O–H groups in total. The van der Waals surface area contributed by atoms with E-state index < -0.39 is 0 Å². The van der Waals surface area contributed by atoms with Gasteiger partial charge in [-0.05, 0) is 19.9 Å². The molecule has 0 bridgehead atoms. The number of rotatable bonds is 2. The summed E-state index contributed by atoms with van der Waals surface area (Å²) >= 11 is 5.85. The summed E-state index contributed by atoms with van der Waals surface area (Å²) in [5, 5.41) is 3.66. The Morgan fingerprint density at radius 2 is 2.50 bits per heavy atom. The van der Waals surface area contributed by atoms with Crippen LogP contribution in [0, 0.1) is 6.92 Å². The van der Waals surface area contributed by atoms with Crippen LogP contribution in [0.1, 0.15) is 12.0 Å². The zero-order chi connectivity index (χ0) is 9.97. The number of nitrogens with zero attached hydrogens (tertiary/aromatic N) is 2. The van der Waals surface area contributed by atoms with Gasteiger partial charge in [0.1, 0.15) is 11.3 Å². The fraction of sp³-hybridized carbons (Fsp3) is 0.556. The van der Waals surface area contributed by atoms with Gasteiger partial charge in [0, 0.05) is 18.3 Å². The van der Waals surface area contributed by atoms with Crippen molar-refractivity contribution in [2.75, 3.05) is 13.1 Å². The lowest BCUT2D eigenvalue weighted by Gasteiger charge is -2.10. The van der Waals surface area contributed by atoms with Crippen LogP contribution in [0.5, 0.6) is 6.01 Å². The lowest BCUT2D eigenvalue weighted by atomic mass is 10.3. The molecule has 2 rings (SSSR count). The van der Waals surface area contributed by atoms with Gasteiger partial charge < -0.3 is 10.1 Å². The zero-order valence-electron chi connectivity index (χ0n) is 7.96. The molecule has 76 valence electrons. The normalized spacial score (nSPS) is 21.1. The lowest BCUT2D eigenvalue weighted by Crippen LogP contribution is -2.20. The molecule has 0 radical (unpaired) electrons. The monoisotopic (exact) mass is 213 g/mol. The van der Waals surface area contributed by atoms with Gasteiger partial charge in [0.15, 0.2) is 0 Å². The highest BCUT2D eigenvalue weighted by atomic mass is 35.5. The van der Waals surface area contributed by atoms with E-state index in [-0.39, 0.29) is 6.10 Å². The third-order valence-corrected chi connectivity index (χ3v) is 2.56. The molecule has 1 aliphatic heterocycles. The van der Waals surface area contributed by atoms with E-state index in [1.807, 2.05) is 6.92 Å². The van der Waals surface area contributed by atoms with Crippen LogP contribution in [0.15, 0.2) is 6.20 Å². The Bertz CT molecular complexity index is 326. The van der Waals surface area contributed by atoms with Crippen molar-refractivity contribution in [2.24, 2.45) is 0 Å². The summed E-state index contributed by atoms with van der Waals surface area (Å²) in [6.45, 7) is 3.71. The fourth-order valence-corrected chi connectivity index (χ4v) is 1.46. The van der Waals surface area contributed by atoms with Crippen molar-refractivity contribution in [3.05, 3.63) is 16.9 Å². The molecule has 1 aromatic heterocycles. The van der Waals surface area contributed by atoms with Gasteiger partial charge in [0.05, 0.1) is 0 Å². The number of hydrogen-bond donors (Lipinski definition) is 1. The molecule has 5 heteroatoms. The van der Waals surface area contributed by atoms with Crippen LogP contribution in [-0.2, 0) is 0 Å². The predicted molar refractivity (Wildman–Crippen MR) is 53.7 cm³/mol. The minimum Gasteiger partial charge on any atom is -0.459 e. The third-order valence-electron chi connectivity index (χ3n) is 2.18. The number of aromatic nitrogens is 2. The van der Waals surface area contributed by atoms with E-state index in [9.17, 15) is 0 Å². The van der Waals surface area contributed by atoms with Crippen LogP contribution >= 0.6 is 11.6 Å². The average Bonchev–Trinajstić information content (AvgIpc) is 2.64. The molecular formula is C9H12ClN3O. The molecule has 0 aliphatic carbocycles. The van der Waals surface area contributed by atoms with Crippen LogP contribution in [0.3, 0.4) is 0 Å². The highest BCUT2D eigenvalue weighted by molar-refractivity contribution is 6.30. The van der Waals surface area contributed by atoms with E-state index in [4.69, 9.17) is 16.3 Å². The Hall–Kier alpha value is -0.870. The number of nitrogens with one attached hydrogen (secondary N) is 1. The summed E-state index contributed by atoms with van der Waals surface area (Å²) in [6, 6.07) is 0.370. The van der Waals surface area contributed by atoms with Gasteiger partial charge in [-0.25, -0.2) is 4.98 Å². The van der Waals surface area contributed by atoms with E-state index in [2.05, 4.69) is 15.3 Å². The number of aryl methyl sites for hydroxylation is 1. The van der Waals surface area contributed by atoms with Gasteiger partial charge in [-0.2, -0.15) is 4.98 Å². The summed E-state index contributed by atoms with van der Waals surface area (Å²) in [5.74, 6) is 0. The summed E-state index contributed by atoms with van der Waals surface area (Å²) < 4.78 is 5.54. The van der Waals surface area contributed by atoms with Crippen molar-refractivity contribution in [3.8, 4) is 6.01 Å². The van der Waals surface area contributed by atoms with E-state index in [1.54, 1.807) is 6.20 Å². The second kappa shape index (κ2) is 4.11. The summed E-state index contributed by atoms with van der Waals surface area (Å²) in [7, 11) is 0. The Kier molecular flexibility index (Phi) is 2.84. The predicted octanol–water partition coefficient (Wildman–Crippen LogP) is 1.18. The average molecular weight is 214 g/mol. The maximum Gasteiger partial charge on any atom is 0.318 e. The quantitative estimate of drug-likeness (QED) is 0.750. The van der Waals surface area contributed by atoms with Crippen LogP contribution in [-0.4, -0.2) is 29.2 Å². The topological polar surface area (TPSA) is 47.0 Å². The lowest BCUT2D eigenvalue weighted by molar-refractivity contribution is 0.204. The first-order chi connectivity index (χ1) is 6.75. The Balaban J connectivity index is 2.05. The SMILES string of the molecule is Cc1cnc(O[C@H]2CCNC2)nc1Cl. The second-order valence-electron chi connectivity index (χ2n) is 3.36. The highest BCUT2D eigenvalue weighted by Gasteiger charge is 2.17. The Morgan fingerprint density at radius 3 is 3.14 bits per heavy atom. The smallest absolute Gasteiger partial charge is 0.318 e. The Morgan fingerprint density at radius 1 is 1.64 bits per heavy atom. The van der Waals surface area contributed by atoms with Crippen molar-refractivity contribution in [1.82, 2.24) is 15.3 Å². The molecule has 1 saturated heterocycles. The van der Waals surface area contributed by atoms with Crippen LogP contribution in [0.25, 0.3) is 0 Å². The molecule has 14 heavy (non-hydrogen) atoms. The van der Waals surface area contributed by atoms with Gasteiger partial charge in [-0.15, -0.1) is 0 Å². The van der Waals surface area contributed by atoms with Gasteiger partial charge in [0.2, 0.25) is 0 Å². The Labute approximate surface area is 87.7 Å². The van der Waals surface area contributed by atoms with E-state index in [0.29, 0.717) is 11.2 Å². The van der Waals surface area contributed by atoms with Gasteiger partial charge in [0.25, 0.3) is 0 Å². The van der Waals surface area contributed by atoms with Crippen LogP contribution in [0.2, 0.25) is 5.15 Å². The molecule has 1 fully saturated rings. The van der Waals surface area contributed by atoms with Crippen molar-refractivity contribution in [1.29, 1.82) is 0 Å². The highest BCUT2D eigenvalue weighted by Crippen LogP contribution is 2.15. The molecule has 1 aliphatic rings. The first kappa shape index (κ1) is 9.68. The molecule has 0 saturated carbocycles. The van der Waals surface area contributed by atoms with Crippen molar-refractivity contribution in [3.63, 3.8) is 0 Å². The van der Waals surface area contributed by atoms with Gasteiger partial charge in [-0.3, -0.25) is 0 Å². The number of ether oxygens (including phenoxy) is 1. The van der Waals surface area contributed by atoms with E-state index in [0.717, 1.165) is 25.1 Å². The maximum absolute atomic E-state index is 5.85. The molecule has 4 nitrogen and oxygen atoms in total. The minimum atomic E-state index is 0.175. The number of halogens is 1. The van der Waals surface area contributed by atoms with Crippen LogP contribution < -0.4 is 10.1 Å². The molecule has 1 atom stereocenters. The third kappa shape index (κ3) is 2.13. The van der Waals surface area contributed by atoms with Crippen molar-refractivity contribution < 1.29 is 4.74 Å². The molecule has 2 heterocycles. The van der Waals surface area contributed by atoms with Crippen molar-refractivity contribution in [2.45, 2.75) is 19.4 Å². The number of hydrogen-bond acceptors (Lipinski definition) is 4. The van der Waals surface area contributed by atoms with Gasteiger partial charge in [-0.1, -0.05) is 11.6 Å². The molecule has 0 amide bonds.